The molecule has 0 saturated carbocycles. The fraction of sp³-hybridized carbons (Fsp3) is 0.389. The number of rotatable bonds is 4. The zero-order valence-corrected chi connectivity index (χ0v) is 14.3. The molecular formula is C18H22N6O. The van der Waals surface area contributed by atoms with Gasteiger partial charge in [0.15, 0.2) is 0 Å². The molecule has 3 aromatic rings. The molecule has 4 rings (SSSR count). The van der Waals surface area contributed by atoms with Gasteiger partial charge >= 0.3 is 0 Å². The van der Waals surface area contributed by atoms with E-state index >= 15 is 0 Å². The summed E-state index contributed by atoms with van der Waals surface area (Å²) in [4.78, 5) is 26.7. The Hall–Kier alpha value is -2.51. The van der Waals surface area contributed by atoms with Gasteiger partial charge in [0.2, 0.25) is 0 Å². The minimum Gasteiger partial charge on any atom is -0.337 e. The summed E-state index contributed by atoms with van der Waals surface area (Å²) in [5.74, 6) is 1.80. The highest BCUT2D eigenvalue weighted by molar-refractivity contribution is 5.77. The zero-order valence-electron chi connectivity index (χ0n) is 14.3. The van der Waals surface area contributed by atoms with Crippen molar-refractivity contribution in [3.63, 3.8) is 0 Å². The topological polar surface area (TPSA) is 78.8 Å². The maximum absolute atomic E-state index is 12.2. The van der Waals surface area contributed by atoms with Crippen LogP contribution in [0.25, 0.3) is 10.9 Å². The third kappa shape index (κ3) is 3.20. The van der Waals surface area contributed by atoms with Crippen LogP contribution in [0.3, 0.4) is 0 Å². The number of hydrogen-bond donors (Lipinski definition) is 2. The lowest BCUT2D eigenvalue weighted by atomic mass is 10.1. The van der Waals surface area contributed by atoms with Crippen molar-refractivity contribution >= 4 is 10.9 Å². The number of para-hydroxylation sites is 1. The maximum Gasteiger partial charge on any atom is 0.258 e. The van der Waals surface area contributed by atoms with Crippen LogP contribution in [-0.2, 0) is 13.5 Å². The van der Waals surface area contributed by atoms with Gasteiger partial charge in [0, 0.05) is 52.0 Å². The molecule has 7 nitrogen and oxygen atoms in total. The molecule has 7 heteroatoms. The average molecular weight is 338 g/mol. The maximum atomic E-state index is 12.2. The molecule has 1 unspecified atom stereocenters. The van der Waals surface area contributed by atoms with Gasteiger partial charge in [0.25, 0.3) is 5.56 Å². The molecule has 0 spiro atoms. The lowest BCUT2D eigenvalue weighted by molar-refractivity contribution is 0.154. The van der Waals surface area contributed by atoms with E-state index in [2.05, 4.69) is 29.7 Å². The summed E-state index contributed by atoms with van der Waals surface area (Å²) in [5, 5.41) is 4.08. The number of H-pyrrole nitrogens is 1. The highest BCUT2D eigenvalue weighted by atomic mass is 16.1. The largest absolute Gasteiger partial charge is 0.337 e. The predicted molar refractivity (Wildman–Crippen MR) is 96.5 cm³/mol. The van der Waals surface area contributed by atoms with Gasteiger partial charge < -0.3 is 14.9 Å². The van der Waals surface area contributed by atoms with Gasteiger partial charge in [-0.25, -0.2) is 9.97 Å². The standard InChI is InChI=1S/C18H22N6O/c1-23-10-8-20-17(23)15-12-19-7-11-24(15)9-6-16-21-14-5-3-2-4-13(14)18(25)22-16/h2-5,8,10,15,19H,6-7,9,11-12H2,1H3,(H,21,22,25). The summed E-state index contributed by atoms with van der Waals surface area (Å²) < 4.78 is 2.07. The van der Waals surface area contributed by atoms with Gasteiger partial charge in [-0.3, -0.25) is 9.69 Å². The summed E-state index contributed by atoms with van der Waals surface area (Å²) in [6.07, 6.45) is 4.52. The third-order valence-corrected chi connectivity index (χ3v) is 4.81. The molecule has 1 saturated heterocycles. The zero-order chi connectivity index (χ0) is 17.2. The van der Waals surface area contributed by atoms with Gasteiger partial charge in [-0.1, -0.05) is 12.1 Å². The lowest BCUT2D eigenvalue weighted by Crippen LogP contribution is -2.47. The monoisotopic (exact) mass is 338 g/mol. The molecule has 1 aliphatic heterocycles. The molecule has 1 atom stereocenters. The van der Waals surface area contributed by atoms with E-state index in [1.54, 1.807) is 6.07 Å². The van der Waals surface area contributed by atoms with Crippen molar-refractivity contribution in [2.45, 2.75) is 12.5 Å². The van der Waals surface area contributed by atoms with E-state index in [4.69, 9.17) is 0 Å². The number of imidazole rings is 1. The van der Waals surface area contributed by atoms with Crippen molar-refractivity contribution in [2.24, 2.45) is 7.05 Å². The smallest absolute Gasteiger partial charge is 0.258 e. The van der Waals surface area contributed by atoms with E-state index in [1.807, 2.05) is 37.6 Å². The van der Waals surface area contributed by atoms with Crippen molar-refractivity contribution in [1.82, 2.24) is 29.7 Å². The number of fused-ring (bicyclic) bond motifs is 1. The van der Waals surface area contributed by atoms with E-state index < -0.39 is 0 Å². The molecule has 1 aliphatic rings. The van der Waals surface area contributed by atoms with Gasteiger partial charge in [-0.05, 0) is 12.1 Å². The number of benzene rings is 1. The highest BCUT2D eigenvalue weighted by Crippen LogP contribution is 2.20. The summed E-state index contributed by atoms with van der Waals surface area (Å²) in [5.41, 5.74) is 0.684. The highest BCUT2D eigenvalue weighted by Gasteiger charge is 2.26. The Kier molecular flexibility index (Phi) is 4.33. The number of piperazine rings is 1. The predicted octanol–water partition coefficient (Wildman–Crippen LogP) is 0.846. The first-order valence-electron chi connectivity index (χ1n) is 8.62. The Bertz CT molecular complexity index is 930. The van der Waals surface area contributed by atoms with Crippen LogP contribution in [0.2, 0.25) is 0 Å². The quantitative estimate of drug-likeness (QED) is 0.737. The van der Waals surface area contributed by atoms with Gasteiger partial charge in [-0.15, -0.1) is 0 Å². The first kappa shape index (κ1) is 16.0. The molecule has 130 valence electrons. The fourth-order valence-electron chi connectivity index (χ4n) is 3.47. The first-order valence-corrected chi connectivity index (χ1v) is 8.62. The summed E-state index contributed by atoms with van der Waals surface area (Å²) in [7, 11) is 2.03. The summed E-state index contributed by atoms with van der Waals surface area (Å²) >= 11 is 0. The van der Waals surface area contributed by atoms with E-state index in [9.17, 15) is 4.79 Å². The van der Waals surface area contributed by atoms with E-state index in [0.29, 0.717) is 11.8 Å². The Morgan fingerprint density at radius 2 is 2.20 bits per heavy atom. The molecule has 0 amide bonds. The molecule has 0 aliphatic carbocycles. The lowest BCUT2D eigenvalue weighted by Gasteiger charge is -2.35. The fourth-order valence-corrected chi connectivity index (χ4v) is 3.47. The normalized spacial score (nSPS) is 18.7. The molecule has 1 aromatic carbocycles. The van der Waals surface area contributed by atoms with Crippen molar-refractivity contribution in [2.75, 3.05) is 26.2 Å². The van der Waals surface area contributed by atoms with Gasteiger partial charge in [0.1, 0.15) is 11.6 Å². The van der Waals surface area contributed by atoms with Crippen LogP contribution in [-0.4, -0.2) is 50.6 Å². The van der Waals surface area contributed by atoms with Crippen LogP contribution in [0.5, 0.6) is 0 Å². The molecular weight excluding hydrogens is 316 g/mol. The van der Waals surface area contributed by atoms with Crippen LogP contribution in [0.15, 0.2) is 41.5 Å². The Labute approximate surface area is 145 Å². The second kappa shape index (κ2) is 6.78. The third-order valence-electron chi connectivity index (χ3n) is 4.81. The van der Waals surface area contributed by atoms with E-state index in [1.165, 1.54) is 0 Å². The second-order valence-electron chi connectivity index (χ2n) is 6.43. The van der Waals surface area contributed by atoms with Crippen LogP contribution < -0.4 is 10.9 Å². The summed E-state index contributed by atoms with van der Waals surface area (Å²) in [6, 6.07) is 7.69. The van der Waals surface area contributed by atoms with E-state index in [-0.39, 0.29) is 11.6 Å². The summed E-state index contributed by atoms with van der Waals surface area (Å²) in [6.45, 7) is 3.63. The van der Waals surface area contributed by atoms with Crippen LogP contribution in [0.4, 0.5) is 0 Å². The minimum atomic E-state index is -0.0680. The number of hydrogen-bond acceptors (Lipinski definition) is 5. The van der Waals surface area contributed by atoms with Gasteiger partial charge in [-0.2, -0.15) is 0 Å². The number of aromatic nitrogens is 4. The SMILES string of the molecule is Cn1ccnc1C1CNCCN1CCc1nc2ccccc2c(=O)[nH]1. The Morgan fingerprint density at radius 1 is 1.32 bits per heavy atom. The average Bonchev–Trinajstić information content (AvgIpc) is 3.06. The van der Waals surface area contributed by atoms with Crippen LogP contribution in [0, 0.1) is 0 Å². The van der Waals surface area contributed by atoms with Crippen molar-refractivity contribution < 1.29 is 0 Å². The van der Waals surface area contributed by atoms with Crippen molar-refractivity contribution in [3.05, 3.63) is 58.7 Å². The number of nitrogens with one attached hydrogen (secondary N) is 2. The Morgan fingerprint density at radius 3 is 3.04 bits per heavy atom. The van der Waals surface area contributed by atoms with Crippen molar-refractivity contribution in [3.8, 4) is 0 Å². The molecule has 3 heterocycles. The molecule has 0 bridgehead atoms. The molecule has 2 aromatic heterocycles. The van der Waals surface area contributed by atoms with Crippen LogP contribution >= 0.6 is 0 Å². The van der Waals surface area contributed by atoms with Crippen LogP contribution in [0.1, 0.15) is 17.7 Å². The minimum absolute atomic E-state index is 0.0680. The molecule has 0 radical (unpaired) electrons. The van der Waals surface area contributed by atoms with E-state index in [0.717, 1.165) is 43.3 Å². The number of aromatic amines is 1. The van der Waals surface area contributed by atoms with Crippen molar-refractivity contribution in [1.29, 1.82) is 0 Å². The molecule has 25 heavy (non-hydrogen) atoms. The molecule has 1 fully saturated rings. The molecule has 2 N–H and O–H groups in total. The number of nitrogens with zero attached hydrogens (tertiary/aromatic N) is 4. The second-order valence-corrected chi connectivity index (χ2v) is 6.43. The first-order chi connectivity index (χ1) is 12.2. The van der Waals surface area contributed by atoms with Gasteiger partial charge in [0.05, 0.1) is 16.9 Å². The Balaban J connectivity index is 1.53. The number of aryl methyl sites for hydroxylation is 1.